The molecule has 0 saturated heterocycles. The number of halogens is 1. The van der Waals surface area contributed by atoms with E-state index in [1.807, 2.05) is 31.2 Å². The Morgan fingerprint density at radius 3 is 3.00 bits per heavy atom. The van der Waals surface area contributed by atoms with Gasteiger partial charge in [-0.1, -0.05) is 25.1 Å². The molecule has 2 aromatic rings. The van der Waals surface area contributed by atoms with Crippen molar-refractivity contribution in [2.24, 2.45) is 0 Å². The zero-order valence-corrected chi connectivity index (χ0v) is 12.6. The van der Waals surface area contributed by atoms with Crippen LogP contribution in [0.25, 0.3) is 10.9 Å². The van der Waals surface area contributed by atoms with Crippen LogP contribution in [0.2, 0.25) is 0 Å². The second-order valence-corrected chi connectivity index (χ2v) is 5.22. The van der Waals surface area contributed by atoms with Gasteiger partial charge in [-0.25, -0.2) is 4.79 Å². The lowest BCUT2D eigenvalue weighted by Gasteiger charge is -2.08. The molecular weight excluding hydrogens is 320 g/mol. The number of hydrogen-bond acceptors (Lipinski definition) is 3. The molecular formula is C15H15BrN2O2. The van der Waals surface area contributed by atoms with Gasteiger partial charge in [0.2, 0.25) is 0 Å². The Morgan fingerprint density at radius 1 is 1.50 bits per heavy atom. The summed E-state index contributed by atoms with van der Waals surface area (Å²) in [4.78, 5) is 15.3. The maximum absolute atomic E-state index is 10.9. The van der Waals surface area contributed by atoms with Crippen molar-refractivity contribution < 1.29 is 9.90 Å². The molecule has 0 radical (unpaired) electrons. The van der Waals surface area contributed by atoms with Crippen molar-refractivity contribution in [3.8, 4) is 0 Å². The van der Waals surface area contributed by atoms with Crippen LogP contribution in [0.4, 0.5) is 5.69 Å². The Bertz CT molecular complexity index is 668. The number of benzene rings is 1. The summed E-state index contributed by atoms with van der Waals surface area (Å²) in [6.45, 7) is 2.29. The van der Waals surface area contributed by atoms with Crippen LogP contribution in [0.5, 0.6) is 0 Å². The number of aliphatic carboxylic acids is 1. The molecule has 1 aromatic heterocycles. The summed E-state index contributed by atoms with van der Waals surface area (Å²) in [7, 11) is 0. The van der Waals surface area contributed by atoms with Gasteiger partial charge in [0.05, 0.1) is 11.2 Å². The van der Waals surface area contributed by atoms with E-state index in [0.29, 0.717) is 18.5 Å². The van der Waals surface area contributed by atoms with Gasteiger partial charge in [-0.05, 0) is 34.5 Å². The molecule has 0 bridgehead atoms. The van der Waals surface area contributed by atoms with Gasteiger partial charge in [-0.3, -0.25) is 4.98 Å². The predicted octanol–water partition coefficient (Wildman–Crippen LogP) is 3.83. The molecule has 0 fully saturated rings. The van der Waals surface area contributed by atoms with Crippen molar-refractivity contribution in [2.45, 2.75) is 13.3 Å². The molecule has 2 rings (SSSR count). The highest BCUT2D eigenvalue weighted by Crippen LogP contribution is 2.23. The number of aromatic nitrogens is 1. The molecule has 0 saturated carbocycles. The van der Waals surface area contributed by atoms with Crippen molar-refractivity contribution >= 4 is 38.5 Å². The third kappa shape index (κ3) is 3.36. The molecule has 0 amide bonds. The third-order valence-electron chi connectivity index (χ3n) is 2.97. The molecule has 1 heterocycles. The first-order valence-electron chi connectivity index (χ1n) is 6.32. The van der Waals surface area contributed by atoms with E-state index in [9.17, 15) is 4.79 Å². The fraction of sp³-hybridized carbons (Fsp3) is 0.200. The van der Waals surface area contributed by atoms with Crippen LogP contribution in [-0.2, 0) is 4.79 Å². The molecule has 0 atom stereocenters. The van der Waals surface area contributed by atoms with Crippen LogP contribution in [0.3, 0.4) is 0 Å². The van der Waals surface area contributed by atoms with Gasteiger partial charge in [0.15, 0.2) is 0 Å². The Kier molecular flexibility index (Phi) is 4.74. The zero-order valence-electron chi connectivity index (χ0n) is 11.1. The molecule has 0 spiro atoms. The van der Waals surface area contributed by atoms with Crippen molar-refractivity contribution in [3.05, 3.63) is 46.6 Å². The topological polar surface area (TPSA) is 62.2 Å². The minimum atomic E-state index is -0.866. The number of anilines is 1. The summed E-state index contributed by atoms with van der Waals surface area (Å²) in [5.74, 6) is -0.866. The van der Waals surface area contributed by atoms with Gasteiger partial charge in [0.1, 0.15) is 0 Å². The molecule has 20 heavy (non-hydrogen) atoms. The van der Waals surface area contributed by atoms with E-state index in [-0.39, 0.29) is 0 Å². The number of fused-ring (bicyclic) bond motifs is 1. The number of carboxylic acid groups (broad SMARTS) is 1. The quantitative estimate of drug-likeness (QED) is 0.815. The molecule has 0 aliphatic carbocycles. The number of nitrogens with zero attached hydrogens (tertiary/aromatic N) is 1. The van der Waals surface area contributed by atoms with E-state index in [1.165, 1.54) is 0 Å². The summed E-state index contributed by atoms with van der Waals surface area (Å²) in [6, 6.07) is 7.87. The lowest BCUT2D eigenvalue weighted by atomic mass is 10.2. The first-order valence-corrected chi connectivity index (χ1v) is 7.11. The Labute approximate surface area is 125 Å². The van der Waals surface area contributed by atoms with E-state index >= 15 is 0 Å². The minimum Gasteiger partial charge on any atom is -0.478 e. The van der Waals surface area contributed by atoms with Crippen LogP contribution in [0, 0.1) is 0 Å². The van der Waals surface area contributed by atoms with Gasteiger partial charge in [-0.2, -0.15) is 0 Å². The largest absolute Gasteiger partial charge is 0.478 e. The zero-order chi connectivity index (χ0) is 14.5. The summed E-state index contributed by atoms with van der Waals surface area (Å²) in [5.41, 5.74) is 2.18. The normalized spacial score (nSPS) is 11.6. The van der Waals surface area contributed by atoms with Gasteiger partial charge in [0, 0.05) is 28.2 Å². The van der Waals surface area contributed by atoms with Crippen molar-refractivity contribution in [1.29, 1.82) is 0 Å². The molecule has 2 N–H and O–H groups in total. The highest BCUT2D eigenvalue weighted by molar-refractivity contribution is 9.10. The van der Waals surface area contributed by atoms with Crippen LogP contribution >= 0.6 is 15.9 Å². The number of rotatable bonds is 5. The summed E-state index contributed by atoms with van der Waals surface area (Å²) in [5, 5.41) is 13.2. The Balaban J connectivity index is 2.20. The van der Waals surface area contributed by atoms with E-state index in [0.717, 1.165) is 21.1 Å². The smallest absolute Gasteiger partial charge is 0.331 e. The molecule has 4 nitrogen and oxygen atoms in total. The van der Waals surface area contributed by atoms with Gasteiger partial charge in [-0.15, -0.1) is 0 Å². The van der Waals surface area contributed by atoms with Gasteiger partial charge < -0.3 is 10.4 Å². The highest BCUT2D eigenvalue weighted by Gasteiger charge is 2.04. The second kappa shape index (κ2) is 6.52. The number of pyridine rings is 1. The molecule has 0 aliphatic heterocycles. The second-order valence-electron chi connectivity index (χ2n) is 4.30. The van der Waals surface area contributed by atoms with E-state index in [4.69, 9.17) is 5.11 Å². The van der Waals surface area contributed by atoms with Crippen molar-refractivity contribution in [2.75, 3.05) is 11.9 Å². The van der Waals surface area contributed by atoms with Crippen LogP contribution in [-0.4, -0.2) is 22.6 Å². The van der Waals surface area contributed by atoms with E-state index in [2.05, 4.69) is 26.2 Å². The number of nitrogens with one attached hydrogen (secondary N) is 1. The lowest BCUT2D eigenvalue weighted by Crippen LogP contribution is -2.05. The van der Waals surface area contributed by atoms with E-state index in [1.54, 1.807) is 12.3 Å². The number of para-hydroxylation sites is 1. The number of carboxylic acids is 1. The summed E-state index contributed by atoms with van der Waals surface area (Å²) in [6.07, 6.45) is 3.95. The molecule has 5 heteroatoms. The maximum atomic E-state index is 10.9. The van der Waals surface area contributed by atoms with Crippen LogP contribution < -0.4 is 5.32 Å². The van der Waals surface area contributed by atoms with Crippen molar-refractivity contribution in [1.82, 2.24) is 4.98 Å². The molecule has 0 unspecified atom stereocenters. The van der Waals surface area contributed by atoms with Crippen LogP contribution in [0.15, 0.2) is 46.6 Å². The molecule has 104 valence electrons. The minimum absolute atomic E-state index is 0.411. The molecule has 1 aromatic carbocycles. The van der Waals surface area contributed by atoms with Gasteiger partial charge >= 0.3 is 5.97 Å². The average molecular weight is 335 g/mol. The lowest BCUT2D eigenvalue weighted by molar-refractivity contribution is -0.132. The first kappa shape index (κ1) is 14.5. The summed E-state index contributed by atoms with van der Waals surface area (Å²) < 4.78 is 0.932. The number of hydrogen-bond donors (Lipinski definition) is 2. The fourth-order valence-corrected chi connectivity index (χ4v) is 2.29. The predicted molar refractivity (Wildman–Crippen MR) is 83.9 cm³/mol. The maximum Gasteiger partial charge on any atom is 0.331 e. The Morgan fingerprint density at radius 2 is 2.30 bits per heavy atom. The highest BCUT2D eigenvalue weighted by atomic mass is 79.9. The monoisotopic (exact) mass is 334 g/mol. The van der Waals surface area contributed by atoms with Gasteiger partial charge in [0.25, 0.3) is 0 Å². The van der Waals surface area contributed by atoms with E-state index < -0.39 is 5.97 Å². The average Bonchev–Trinajstić information content (AvgIpc) is 2.42. The molecule has 0 aliphatic rings. The number of carbonyl (C=O) groups is 1. The van der Waals surface area contributed by atoms with Crippen molar-refractivity contribution in [3.63, 3.8) is 0 Å². The third-order valence-corrected chi connectivity index (χ3v) is 3.41. The first-order chi connectivity index (χ1) is 9.61. The standard InChI is InChI=1S/C15H15BrN2O2/c1-2-10(15(19)20)6-7-17-13-5-3-4-11-8-12(16)9-18-14(11)13/h3-6,8-9,17H,2,7H2,1H3,(H,19,20)/b10-6-. The Hall–Kier alpha value is -1.88. The van der Waals surface area contributed by atoms with Crippen LogP contribution in [0.1, 0.15) is 13.3 Å². The summed E-state index contributed by atoms with van der Waals surface area (Å²) >= 11 is 3.40. The SMILES string of the molecule is CC/C(=C/CNc1cccc2cc(Br)cnc12)C(=O)O. The fourth-order valence-electron chi connectivity index (χ4n) is 1.94.